The van der Waals surface area contributed by atoms with E-state index in [0.717, 1.165) is 31.9 Å². The largest absolute Gasteiger partial charge is 0.381 e. The molecule has 1 N–H and O–H groups in total. The van der Waals surface area contributed by atoms with E-state index >= 15 is 0 Å². The second-order valence-electron chi connectivity index (χ2n) is 2.71. The van der Waals surface area contributed by atoms with E-state index < -0.39 is 0 Å². The minimum atomic E-state index is 0.781. The maximum absolute atomic E-state index is 5.26. The molecule has 0 bridgehead atoms. The molecule has 0 spiro atoms. The van der Waals surface area contributed by atoms with E-state index in [-0.39, 0.29) is 0 Å². The molecule has 3 nitrogen and oxygen atoms in total. The van der Waals surface area contributed by atoms with E-state index in [1.165, 1.54) is 5.01 Å². The molecule has 1 heterocycles. The van der Waals surface area contributed by atoms with Crippen LogP contribution in [0, 0.1) is 0 Å². The molecular weight excluding hydrogens is 184 g/mol. The normalized spacial score (nSPS) is 10.6. The van der Waals surface area contributed by atoms with E-state index in [4.69, 9.17) is 4.74 Å². The summed E-state index contributed by atoms with van der Waals surface area (Å²) in [4.78, 5) is 4.45. The number of nitrogens with one attached hydrogen (secondary N) is 1. The van der Waals surface area contributed by atoms with Gasteiger partial charge in [0.05, 0.1) is 17.3 Å². The van der Waals surface area contributed by atoms with Crippen LogP contribution in [0.5, 0.6) is 0 Å². The Labute approximate surface area is 83.1 Å². The first-order chi connectivity index (χ1) is 6.36. The highest BCUT2D eigenvalue weighted by Crippen LogP contribution is 2.10. The predicted octanol–water partition coefficient (Wildman–Crippen LogP) is 1.44. The monoisotopic (exact) mass is 200 g/mol. The summed E-state index contributed by atoms with van der Waals surface area (Å²) in [7, 11) is 1.93. The SMILES string of the molecule is CCOCCc1nc(CNC)cs1. The standard InChI is InChI=1S/C9H16N2OS/c1-3-12-5-4-9-11-8(6-10-2)7-13-9/h7,10H,3-6H2,1-2H3. The highest BCUT2D eigenvalue weighted by atomic mass is 32.1. The van der Waals surface area contributed by atoms with E-state index in [2.05, 4.69) is 15.7 Å². The molecule has 74 valence electrons. The van der Waals surface area contributed by atoms with Crippen molar-refractivity contribution in [3.63, 3.8) is 0 Å². The number of ether oxygens (including phenoxy) is 1. The van der Waals surface area contributed by atoms with Crippen LogP contribution >= 0.6 is 11.3 Å². The highest BCUT2D eigenvalue weighted by Gasteiger charge is 2.00. The second-order valence-corrected chi connectivity index (χ2v) is 3.65. The Hall–Kier alpha value is -0.450. The van der Waals surface area contributed by atoms with Crippen LogP contribution in [-0.2, 0) is 17.7 Å². The van der Waals surface area contributed by atoms with Gasteiger partial charge in [-0.3, -0.25) is 0 Å². The Bertz CT molecular complexity index is 237. The van der Waals surface area contributed by atoms with Crippen molar-refractivity contribution in [3.05, 3.63) is 16.1 Å². The van der Waals surface area contributed by atoms with E-state index in [0.29, 0.717) is 0 Å². The van der Waals surface area contributed by atoms with Crippen LogP contribution in [0.15, 0.2) is 5.38 Å². The number of hydrogen-bond donors (Lipinski definition) is 1. The lowest BCUT2D eigenvalue weighted by molar-refractivity contribution is 0.151. The van der Waals surface area contributed by atoms with Gasteiger partial charge in [-0.2, -0.15) is 0 Å². The van der Waals surface area contributed by atoms with Crippen molar-refractivity contribution in [2.75, 3.05) is 20.3 Å². The van der Waals surface area contributed by atoms with Gasteiger partial charge in [-0.15, -0.1) is 11.3 Å². The molecule has 0 atom stereocenters. The fourth-order valence-corrected chi connectivity index (χ4v) is 1.81. The maximum Gasteiger partial charge on any atom is 0.0951 e. The van der Waals surface area contributed by atoms with Crippen molar-refractivity contribution in [1.82, 2.24) is 10.3 Å². The first-order valence-electron chi connectivity index (χ1n) is 4.52. The van der Waals surface area contributed by atoms with Gasteiger partial charge in [0, 0.05) is 25.0 Å². The molecule has 0 fully saturated rings. The van der Waals surface area contributed by atoms with Crippen LogP contribution in [0.4, 0.5) is 0 Å². The number of hydrogen-bond acceptors (Lipinski definition) is 4. The number of rotatable bonds is 6. The summed E-state index contributed by atoms with van der Waals surface area (Å²) >= 11 is 1.71. The van der Waals surface area contributed by atoms with Crippen LogP contribution in [0.2, 0.25) is 0 Å². The lowest BCUT2D eigenvalue weighted by Gasteiger charge is -1.96. The summed E-state index contributed by atoms with van der Waals surface area (Å²) in [5, 5.41) is 6.34. The van der Waals surface area contributed by atoms with Crippen LogP contribution in [0.25, 0.3) is 0 Å². The Morgan fingerprint density at radius 3 is 3.15 bits per heavy atom. The number of aromatic nitrogens is 1. The van der Waals surface area contributed by atoms with Gasteiger partial charge in [0.2, 0.25) is 0 Å². The Kier molecular flexibility index (Phi) is 4.97. The molecular formula is C9H16N2OS. The summed E-state index contributed by atoms with van der Waals surface area (Å²) in [5.74, 6) is 0. The Morgan fingerprint density at radius 2 is 2.46 bits per heavy atom. The van der Waals surface area contributed by atoms with E-state index in [9.17, 15) is 0 Å². The minimum Gasteiger partial charge on any atom is -0.381 e. The fourth-order valence-electron chi connectivity index (χ4n) is 1.03. The van der Waals surface area contributed by atoms with Gasteiger partial charge in [-0.25, -0.2) is 4.98 Å². The zero-order valence-corrected chi connectivity index (χ0v) is 8.99. The zero-order valence-electron chi connectivity index (χ0n) is 8.17. The molecule has 13 heavy (non-hydrogen) atoms. The fraction of sp³-hybridized carbons (Fsp3) is 0.667. The van der Waals surface area contributed by atoms with Crippen molar-refractivity contribution >= 4 is 11.3 Å². The zero-order chi connectivity index (χ0) is 9.52. The summed E-state index contributed by atoms with van der Waals surface area (Å²) in [6.45, 7) is 4.43. The molecule has 0 aliphatic carbocycles. The molecule has 1 aromatic heterocycles. The molecule has 0 saturated heterocycles. The van der Waals surface area contributed by atoms with Crippen LogP contribution in [-0.4, -0.2) is 25.2 Å². The third-order valence-electron chi connectivity index (χ3n) is 1.62. The third-order valence-corrected chi connectivity index (χ3v) is 2.58. The topological polar surface area (TPSA) is 34.1 Å². The smallest absolute Gasteiger partial charge is 0.0951 e. The molecule has 0 amide bonds. The molecule has 0 saturated carbocycles. The molecule has 1 aromatic rings. The summed E-state index contributed by atoms with van der Waals surface area (Å²) in [5.41, 5.74) is 1.12. The van der Waals surface area contributed by atoms with Crippen LogP contribution in [0.1, 0.15) is 17.6 Å². The molecule has 4 heteroatoms. The Balaban J connectivity index is 2.31. The van der Waals surface area contributed by atoms with E-state index in [1.54, 1.807) is 11.3 Å². The van der Waals surface area contributed by atoms with Gasteiger partial charge >= 0.3 is 0 Å². The lowest BCUT2D eigenvalue weighted by atomic mass is 10.4. The molecule has 1 rings (SSSR count). The van der Waals surface area contributed by atoms with Gasteiger partial charge in [0.25, 0.3) is 0 Å². The van der Waals surface area contributed by atoms with Crippen molar-refractivity contribution in [2.45, 2.75) is 19.9 Å². The van der Waals surface area contributed by atoms with Crippen LogP contribution in [0.3, 0.4) is 0 Å². The van der Waals surface area contributed by atoms with Crippen molar-refractivity contribution in [3.8, 4) is 0 Å². The predicted molar refractivity (Wildman–Crippen MR) is 55.1 cm³/mol. The number of thiazole rings is 1. The summed E-state index contributed by atoms with van der Waals surface area (Å²) < 4.78 is 5.26. The third kappa shape index (κ3) is 3.85. The van der Waals surface area contributed by atoms with Crippen molar-refractivity contribution < 1.29 is 4.74 Å². The average molecular weight is 200 g/mol. The first-order valence-corrected chi connectivity index (χ1v) is 5.40. The second kappa shape index (κ2) is 6.07. The number of nitrogens with zero attached hydrogens (tertiary/aromatic N) is 1. The highest BCUT2D eigenvalue weighted by molar-refractivity contribution is 7.09. The molecule has 0 radical (unpaired) electrons. The van der Waals surface area contributed by atoms with Gasteiger partial charge < -0.3 is 10.1 Å². The maximum atomic E-state index is 5.26. The molecule has 0 aliphatic rings. The average Bonchev–Trinajstić information content (AvgIpc) is 2.54. The van der Waals surface area contributed by atoms with Crippen molar-refractivity contribution in [1.29, 1.82) is 0 Å². The molecule has 0 aromatic carbocycles. The lowest BCUT2D eigenvalue weighted by Crippen LogP contribution is -2.05. The molecule has 0 aliphatic heterocycles. The van der Waals surface area contributed by atoms with Gasteiger partial charge in [-0.1, -0.05) is 0 Å². The Morgan fingerprint density at radius 1 is 1.62 bits per heavy atom. The van der Waals surface area contributed by atoms with E-state index in [1.807, 2.05) is 14.0 Å². The molecule has 0 unspecified atom stereocenters. The first kappa shape index (κ1) is 10.6. The minimum absolute atomic E-state index is 0.781. The van der Waals surface area contributed by atoms with Crippen molar-refractivity contribution in [2.24, 2.45) is 0 Å². The van der Waals surface area contributed by atoms with Gasteiger partial charge in [0.1, 0.15) is 0 Å². The summed E-state index contributed by atoms with van der Waals surface area (Å²) in [6.07, 6.45) is 0.933. The van der Waals surface area contributed by atoms with Gasteiger partial charge in [-0.05, 0) is 14.0 Å². The van der Waals surface area contributed by atoms with Crippen LogP contribution < -0.4 is 5.32 Å². The quantitative estimate of drug-likeness (QED) is 0.706. The summed E-state index contributed by atoms with van der Waals surface area (Å²) in [6, 6.07) is 0. The van der Waals surface area contributed by atoms with Gasteiger partial charge in [0.15, 0.2) is 0 Å².